The molecule has 6 heteroatoms. The highest BCUT2D eigenvalue weighted by Crippen LogP contribution is 2.30. The molecule has 0 spiro atoms. The molecular weight excluding hydrogens is 257 g/mol. The quantitative estimate of drug-likeness (QED) is 0.918. The highest BCUT2D eigenvalue weighted by Gasteiger charge is 2.31. The van der Waals surface area contributed by atoms with Crippen molar-refractivity contribution in [3.8, 4) is 0 Å². The van der Waals surface area contributed by atoms with Crippen LogP contribution >= 0.6 is 0 Å². The van der Waals surface area contributed by atoms with Gasteiger partial charge in [0.05, 0.1) is 5.56 Å². The third-order valence-corrected chi connectivity index (χ3v) is 3.23. The second kappa shape index (κ2) is 5.21. The van der Waals surface area contributed by atoms with Crippen molar-refractivity contribution in [1.29, 1.82) is 0 Å². The summed E-state index contributed by atoms with van der Waals surface area (Å²) in [5.41, 5.74) is 5.57. The summed E-state index contributed by atoms with van der Waals surface area (Å²) >= 11 is 0. The lowest BCUT2D eigenvalue weighted by molar-refractivity contribution is -0.137. The number of nitrogens with zero attached hydrogens (tertiary/aromatic N) is 1. The van der Waals surface area contributed by atoms with Crippen LogP contribution < -0.4 is 5.73 Å². The number of rotatable bonds is 3. The van der Waals surface area contributed by atoms with Gasteiger partial charge in [-0.3, -0.25) is 4.79 Å². The van der Waals surface area contributed by atoms with E-state index < -0.39 is 17.8 Å². The van der Waals surface area contributed by atoms with Crippen LogP contribution in [0.1, 0.15) is 30.0 Å². The average Bonchev–Trinajstić information content (AvgIpc) is 2.74. The Balaban J connectivity index is 2.10. The van der Waals surface area contributed by atoms with E-state index in [0.717, 1.165) is 18.6 Å². The number of hydrogen-bond donors (Lipinski definition) is 1. The zero-order chi connectivity index (χ0) is 14.0. The zero-order valence-corrected chi connectivity index (χ0v) is 10.3. The molecule has 1 heterocycles. The molecule has 0 aromatic heterocycles. The summed E-state index contributed by atoms with van der Waals surface area (Å²) in [6, 6.07) is 4.36. The summed E-state index contributed by atoms with van der Waals surface area (Å²) in [7, 11) is 0. The van der Waals surface area contributed by atoms with E-state index >= 15 is 0 Å². The minimum atomic E-state index is -4.38. The van der Waals surface area contributed by atoms with Gasteiger partial charge >= 0.3 is 6.18 Å². The molecule has 1 aliphatic rings. The van der Waals surface area contributed by atoms with E-state index in [1.54, 1.807) is 11.0 Å². The van der Waals surface area contributed by atoms with Crippen molar-refractivity contribution in [2.24, 2.45) is 5.73 Å². The molecule has 2 rings (SSSR count). The largest absolute Gasteiger partial charge is 0.416 e. The Morgan fingerprint density at radius 2 is 2.11 bits per heavy atom. The molecule has 1 aromatic rings. The first-order chi connectivity index (χ1) is 8.88. The minimum Gasteiger partial charge on any atom is -0.341 e. The summed E-state index contributed by atoms with van der Waals surface area (Å²) in [6.45, 7) is 0.894. The number of halogens is 3. The van der Waals surface area contributed by atoms with Gasteiger partial charge in [0.25, 0.3) is 0 Å². The Kier molecular flexibility index (Phi) is 3.80. The van der Waals surface area contributed by atoms with Gasteiger partial charge in [-0.05, 0) is 24.1 Å². The minimum absolute atomic E-state index is 0.0161. The van der Waals surface area contributed by atoms with E-state index in [2.05, 4.69) is 0 Å². The van der Waals surface area contributed by atoms with Crippen molar-refractivity contribution in [2.45, 2.75) is 25.1 Å². The molecule has 1 atom stereocenters. The molecular formula is C13H15F3N2O. The lowest BCUT2D eigenvalue weighted by Gasteiger charge is -2.21. The maximum Gasteiger partial charge on any atom is 0.416 e. The number of amides is 1. The van der Waals surface area contributed by atoms with Gasteiger partial charge in [0.1, 0.15) is 0 Å². The topological polar surface area (TPSA) is 46.3 Å². The molecule has 1 amide bonds. The molecule has 1 aliphatic heterocycles. The predicted octanol–water partition coefficient (Wildman–Crippen LogP) is 2.33. The van der Waals surface area contributed by atoms with Gasteiger partial charge in [-0.15, -0.1) is 0 Å². The van der Waals surface area contributed by atoms with Crippen LogP contribution in [0.4, 0.5) is 13.2 Å². The van der Waals surface area contributed by atoms with Crippen molar-refractivity contribution in [1.82, 2.24) is 4.90 Å². The van der Waals surface area contributed by atoms with Crippen LogP contribution in [-0.4, -0.2) is 23.9 Å². The Labute approximate surface area is 109 Å². The van der Waals surface area contributed by atoms with Crippen LogP contribution in [0, 0.1) is 0 Å². The summed E-state index contributed by atoms with van der Waals surface area (Å²) in [5.74, 6) is 0.0161. The van der Waals surface area contributed by atoms with Crippen molar-refractivity contribution in [2.75, 3.05) is 13.1 Å². The average molecular weight is 272 g/mol. The van der Waals surface area contributed by atoms with Crippen molar-refractivity contribution in [3.05, 3.63) is 35.4 Å². The maximum atomic E-state index is 12.6. The Morgan fingerprint density at radius 1 is 1.37 bits per heavy atom. The fourth-order valence-electron chi connectivity index (χ4n) is 2.19. The van der Waals surface area contributed by atoms with Gasteiger partial charge < -0.3 is 10.6 Å². The summed E-state index contributed by atoms with van der Waals surface area (Å²) < 4.78 is 37.8. The zero-order valence-electron chi connectivity index (χ0n) is 10.3. The van der Waals surface area contributed by atoms with Crippen LogP contribution in [0.2, 0.25) is 0 Å². The van der Waals surface area contributed by atoms with Crippen molar-refractivity contribution >= 4 is 5.91 Å². The normalized spacial score (nSPS) is 17.9. The summed E-state index contributed by atoms with van der Waals surface area (Å²) in [5, 5.41) is 0. The summed E-state index contributed by atoms with van der Waals surface area (Å²) in [4.78, 5) is 13.1. The monoisotopic (exact) mass is 272 g/mol. The SMILES string of the molecule is N[C@H](CN1CCCC1=O)c1cccc(C(F)(F)F)c1. The molecule has 0 saturated carbocycles. The van der Waals surface area contributed by atoms with E-state index in [-0.39, 0.29) is 12.5 Å². The molecule has 19 heavy (non-hydrogen) atoms. The third-order valence-electron chi connectivity index (χ3n) is 3.23. The van der Waals surface area contributed by atoms with E-state index in [0.29, 0.717) is 18.5 Å². The first-order valence-electron chi connectivity index (χ1n) is 6.08. The smallest absolute Gasteiger partial charge is 0.341 e. The number of benzene rings is 1. The van der Waals surface area contributed by atoms with Crippen LogP contribution in [0.5, 0.6) is 0 Å². The van der Waals surface area contributed by atoms with Gasteiger partial charge in [-0.25, -0.2) is 0 Å². The molecule has 0 unspecified atom stereocenters. The standard InChI is InChI=1S/C13H15F3N2O/c14-13(15,16)10-4-1-3-9(7-10)11(17)8-18-6-2-5-12(18)19/h1,3-4,7,11H,2,5-6,8,17H2/t11-/m1/s1. The third kappa shape index (κ3) is 3.26. The Morgan fingerprint density at radius 3 is 2.68 bits per heavy atom. The Bertz CT molecular complexity index is 473. The molecule has 0 bridgehead atoms. The predicted molar refractivity (Wildman–Crippen MR) is 64.2 cm³/mol. The fraction of sp³-hybridized carbons (Fsp3) is 0.462. The number of hydrogen-bond acceptors (Lipinski definition) is 2. The highest BCUT2D eigenvalue weighted by molar-refractivity contribution is 5.78. The van der Waals surface area contributed by atoms with Crippen molar-refractivity contribution < 1.29 is 18.0 Å². The second-order valence-corrected chi connectivity index (χ2v) is 4.67. The lowest BCUT2D eigenvalue weighted by atomic mass is 10.0. The molecule has 1 aromatic carbocycles. The van der Waals surface area contributed by atoms with Gasteiger partial charge in [0, 0.05) is 25.6 Å². The highest BCUT2D eigenvalue weighted by atomic mass is 19.4. The van der Waals surface area contributed by atoms with Gasteiger partial charge in [0.2, 0.25) is 5.91 Å². The molecule has 3 nitrogen and oxygen atoms in total. The number of alkyl halides is 3. The van der Waals surface area contributed by atoms with Crippen LogP contribution in [0.3, 0.4) is 0 Å². The number of carbonyl (C=O) groups excluding carboxylic acids is 1. The van der Waals surface area contributed by atoms with E-state index in [1.807, 2.05) is 0 Å². The van der Waals surface area contributed by atoms with Crippen LogP contribution in [-0.2, 0) is 11.0 Å². The van der Waals surface area contributed by atoms with Crippen molar-refractivity contribution in [3.63, 3.8) is 0 Å². The number of likely N-dealkylation sites (tertiary alicyclic amines) is 1. The molecule has 1 saturated heterocycles. The van der Waals surface area contributed by atoms with Gasteiger partial charge in [-0.1, -0.05) is 12.1 Å². The van der Waals surface area contributed by atoms with Crippen LogP contribution in [0.25, 0.3) is 0 Å². The maximum absolute atomic E-state index is 12.6. The second-order valence-electron chi connectivity index (χ2n) is 4.67. The van der Waals surface area contributed by atoms with E-state index in [4.69, 9.17) is 5.73 Å². The van der Waals surface area contributed by atoms with Crippen LogP contribution in [0.15, 0.2) is 24.3 Å². The number of nitrogens with two attached hydrogens (primary N) is 1. The van der Waals surface area contributed by atoms with E-state index in [1.165, 1.54) is 6.07 Å². The number of carbonyl (C=O) groups is 1. The fourth-order valence-corrected chi connectivity index (χ4v) is 2.19. The first-order valence-corrected chi connectivity index (χ1v) is 6.08. The molecule has 104 valence electrons. The molecule has 0 radical (unpaired) electrons. The molecule has 1 fully saturated rings. The summed E-state index contributed by atoms with van der Waals surface area (Å²) in [6.07, 6.45) is -3.09. The molecule has 2 N–H and O–H groups in total. The van der Waals surface area contributed by atoms with Gasteiger partial charge in [0.15, 0.2) is 0 Å². The Hall–Kier alpha value is -1.56. The van der Waals surface area contributed by atoms with Gasteiger partial charge in [-0.2, -0.15) is 13.2 Å². The van der Waals surface area contributed by atoms with E-state index in [9.17, 15) is 18.0 Å². The lowest BCUT2D eigenvalue weighted by Crippen LogP contribution is -2.33. The first kappa shape index (κ1) is 13.9. The molecule has 0 aliphatic carbocycles.